The van der Waals surface area contributed by atoms with Crippen molar-refractivity contribution in [3.05, 3.63) is 59.4 Å². The summed E-state index contributed by atoms with van der Waals surface area (Å²) in [5.74, 6) is 2.09. The largest absolute Gasteiger partial charge is 0.492 e. The SMILES string of the molecule is CCC(CC)C(=O)NCCCc1nc2ccccc2n1CCOc1ccc(Cl)cc1. The van der Waals surface area contributed by atoms with Crippen LogP contribution in [0.15, 0.2) is 48.5 Å². The lowest BCUT2D eigenvalue weighted by molar-refractivity contribution is -0.125. The van der Waals surface area contributed by atoms with Crippen LogP contribution in [0.25, 0.3) is 11.0 Å². The van der Waals surface area contributed by atoms with Crippen molar-refractivity contribution in [1.82, 2.24) is 14.9 Å². The molecule has 0 bridgehead atoms. The average Bonchev–Trinajstić information content (AvgIpc) is 3.11. The molecule has 1 heterocycles. The van der Waals surface area contributed by atoms with E-state index < -0.39 is 0 Å². The Kier molecular flexibility index (Phi) is 8.14. The number of rotatable bonds is 11. The summed E-state index contributed by atoms with van der Waals surface area (Å²) in [6.07, 6.45) is 3.42. The van der Waals surface area contributed by atoms with Gasteiger partial charge >= 0.3 is 0 Å². The fraction of sp³-hybridized carbons (Fsp3) is 0.417. The van der Waals surface area contributed by atoms with E-state index in [0.29, 0.717) is 24.7 Å². The molecule has 2 aromatic carbocycles. The lowest BCUT2D eigenvalue weighted by Gasteiger charge is -2.13. The zero-order valence-electron chi connectivity index (χ0n) is 17.7. The van der Waals surface area contributed by atoms with Crippen molar-refractivity contribution in [2.45, 2.75) is 46.1 Å². The van der Waals surface area contributed by atoms with Crippen molar-refractivity contribution in [3.8, 4) is 5.75 Å². The van der Waals surface area contributed by atoms with E-state index in [1.807, 2.05) is 42.5 Å². The fourth-order valence-electron chi connectivity index (χ4n) is 3.61. The number of imidazole rings is 1. The number of hydrogen-bond donors (Lipinski definition) is 1. The van der Waals surface area contributed by atoms with Crippen molar-refractivity contribution in [2.75, 3.05) is 13.2 Å². The molecule has 0 fully saturated rings. The van der Waals surface area contributed by atoms with E-state index in [1.165, 1.54) is 0 Å². The van der Waals surface area contributed by atoms with Crippen LogP contribution >= 0.6 is 11.6 Å². The molecule has 0 spiro atoms. The molecule has 6 heteroatoms. The lowest BCUT2D eigenvalue weighted by Crippen LogP contribution is -2.31. The molecule has 160 valence electrons. The minimum Gasteiger partial charge on any atom is -0.492 e. The zero-order valence-corrected chi connectivity index (χ0v) is 18.5. The van der Waals surface area contributed by atoms with E-state index >= 15 is 0 Å². The van der Waals surface area contributed by atoms with Crippen LogP contribution in [0.2, 0.25) is 5.02 Å². The molecular formula is C24H30ClN3O2. The molecule has 0 saturated carbocycles. The minimum absolute atomic E-state index is 0.111. The van der Waals surface area contributed by atoms with E-state index in [2.05, 4.69) is 29.8 Å². The first-order chi connectivity index (χ1) is 14.6. The van der Waals surface area contributed by atoms with Gasteiger partial charge in [0.2, 0.25) is 5.91 Å². The summed E-state index contributed by atoms with van der Waals surface area (Å²) in [4.78, 5) is 17.0. The number of ether oxygens (including phenoxy) is 1. The molecule has 5 nitrogen and oxygen atoms in total. The zero-order chi connectivity index (χ0) is 21.3. The molecule has 0 saturated heterocycles. The van der Waals surface area contributed by atoms with Crippen molar-refractivity contribution < 1.29 is 9.53 Å². The van der Waals surface area contributed by atoms with Crippen molar-refractivity contribution in [2.24, 2.45) is 5.92 Å². The predicted molar refractivity (Wildman–Crippen MR) is 122 cm³/mol. The van der Waals surface area contributed by atoms with Crippen molar-refractivity contribution in [3.63, 3.8) is 0 Å². The lowest BCUT2D eigenvalue weighted by atomic mass is 10.0. The predicted octanol–water partition coefficient (Wildman–Crippen LogP) is 5.25. The standard InChI is InChI=1S/C24H30ClN3O2/c1-3-18(4-2)24(29)26-15-7-10-23-27-21-8-5-6-9-22(21)28(23)16-17-30-20-13-11-19(25)12-14-20/h5-6,8-9,11-14,18H,3-4,7,10,15-17H2,1-2H3,(H,26,29). The first kappa shape index (κ1) is 22.2. The molecule has 1 N–H and O–H groups in total. The summed E-state index contributed by atoms with van der Waals surface area (Å²) in [5.41, 5.74) is 2.09. The van der Waals surface area contributed by atoms with Gasteiger partial charge in [0.05, 0.1) is 17.6 Å². The Hall–Kier alpha value is -2.53. The third-order valence-electron chi connectivity index (χ3n) is 5.36. The maximum atomic E-state index is 12.2. The number of amides is 1. The molecule has 0 aliphatic carbocycles. The van der Waals surface area contributed by atoms with Gasteiger partial charge in [0.25, 0.3) is 0 Å². The second-order valence-electron chi connectivity index (χ2n) is 7.38. The molecule has 0 radical (unpaired) electrons. The van der Waals surface area contributed by atoms with Gasteiger partial charge in [-0.05, 0) is 55.7 Å². The summed E-state index contributed by atoms with van der Waals surface area (Å²) < 4.78 is 8.10. The highest BCUT2D eigenvalue weighted by atomic mass is 35.5. The molecule has 30 heavy (non-hydrogen) atoms. The van der Waals surface area contributed by atoms with Crippen molar-refractivity contribution in [1.29, 1.82) is 0 Å². The van der Waals surface area contributed by atoms with E-state index in [4.69, 9.17) is 21.3 Å². The number of halogens is 1. The highest BCUT2D eigenvalue weighted by Gasteiger charge is 2.14. The van der Waals surface area contributed by atoms with Gasteiger partial charge in [0.1, 0.15) is 18.2 Å². The Bertz CT molecular complexity index is 949. The number of benzene rings is 2. The van der Waals surface area contributed by atoms with E-state index in [9.17, 15) is 4.79 Å². The van der Waals surface area contributed by atoms with E-state index in [0.717, 1.165) is 48.3 Å². The highest BCUT2D eigenvalue weighted by molar-refractivity contribution is 6.30. The van der Waals surface area contributed by atoms with Gasteiger partial charge in [0, 0.05) is 23.9 Å². The number of nitrogens with zero attached hydrogens (tertiary/aromatic N) is 2. The number of carbonyl (C=O) groups is 1. The van der Waals surface area contributed by atoms with Crippen LogP contribution in [0.3, 0.4) is 0 Å². The molecular weight excluding hydrogens is 398 g/mol. The van der Waals surface area contributed by atoms with Gasteiger partial charge in [-0.1, -0.05) is 37.6 Å². The van der Waals surface area contributed by atoms with Crippen LogP contribution < -0.4 is 10.1 Å². The van der Waals surface area contributed by atoms with Crippen LogP contribution in [-0.4, -0.2) is 28.6 Å². The normalized spacial score (nSPS) is 11.2. The average molecular weight is 428 g/mol. The van der Waals surface area contributed by atoms with Gasteiger partial charge < -0.3 is 14.6 Å². The van der Waals surface area contributed by atoms with Gasteiger partial charge in [-0.3, -0.25) is 4.79 Å². The number of carbonyl (C=O) groups excluding carboxylic acids is 1. The maximum Gasteiger partial charge on any atom is 0.223 e. The summed E-state index contributed by atoms with van der Waals surface area (Å²) in [7, 11) is 0. The number of aromatic nitrogens is 2. The minimum atomic E-state index is 0.111. The third kappa shape index (κ3) is 5.76. The molecule has 3 rings (SSSR count). The van der Waals surface area contributed by atoms with Gasteiger partial charge in [-0.25, -0.2) is 4.98 Å². The number of fused-ring (bicyclic) bond motifs is 1. The first-order valence-corrected chi connectivity index (χ1v) is 11.1. The van der Waals surface area contributed by atoms with Crippen LogP contribution in [0.5, 0.6) is 5.75 Å². The number of hydrogen-bond acceptors (Lipinski definition) is 3. The van der Waals surface area contributed by atoms with E-state index in [-0.39, 0.29) is 11.8 Å². The Labute approximate surface area is 183 Å². The Morgan fingerprint density at radius 3 is 2.60 bits per heavy atom. The molecule has 1 amide bonds. The van der Waals surface area contributed by atoms with Gasteiger partial charge in [-0.15, -0.1) is 0 Å². The summed E-state index contributed by atoms with van der Waals surface area (Å²) in [6, 6.07) is 15.5. The molecule has 0 aliphatic heterocycles. The first-order valence-electron chi connectivity index (χ1n) is 10.7. The summed E-state index contributed by atoms with van der Waals surface area (Å²) >= 11 is 5.93. The monoisotopic (exact) mass is 427 g/mol. The second kappa shape index (κ2) is 11.0. The van der Waals surface area contributed by atoms with E-state index in [1.54, 1.807) is 0 Å². The number of para-hydroxylation sites is 2. The maximum absolute atomic E-state index is 12.2. The van der Waals surface area contributed by atoms with Crippen LogP contribution in [0.4, 0.5) is 0 Å². The third-order valence-corrected chi connectivity index (χ3v) is 5.62. The topological polar surface area (TPSA) is 56.2 Å². The van der Waals surface area contributed by atoms with Gasteiger partial charge in [0.15, 0.2) is 0 Å². The molecule has 0 aliphatic rings. The molecule has 0 unspecified atom stereocenters. The van der Waals surface area contributed by atoms with Gasteiger partial charge in [-0.2, -0.15) is 0 Å². The summed E-state index contributed by atoms with van der Waals surface area (Å²) in [6.45, 7) is 6.03. The fourth-order valence-corrected chi connectivity index (χ4v) is 3.74. The molecule has 1 aromatic heterocycles. The second-order valence-corrected chi connectivity index (χ2v) is 7.82. The molecule has 3 aromatic rings. The van der Waals surface area contributed by atoms with Crippen LogP contribution in [0, 0.1) is 5.92 Å². The molecule has 0 atom stereocenters. The number of nitrogens with one attached hydrogen (secondary N) is 1. The van der Waals surface area contributed by atoms with Crippen LogP contribution in [0.1, 0.15) is 38.9 Å². The smallest absolute Gasteiger partial charge is 0.223 e. The van der Waals surface area contributed by atoms with Crippen molar-refractivity contribution >= 4 is 28.5 Å². The summed E-state index contributed by atoms with van der Waals surface area (Å²) in [5, 5.41) is 3.76. The van der Waals surface area contributed by atoms with Crippen LogP contribution in [-0.2, 0) is 17.8 Å². The Balaban J connectivity index is 1.60. The highest BCUT2D eigenvalue weighted by Crippen LogP contribution is 2.19. The quantitative estimate of drug-likeness (QED) is 0.425. The Morgan fingerprint density at radius 1 is 1.13 bits per heavy atom. The Morgan fingerprint density at radius 2 is 1.87 bits per heavy atom. The number of aryl methyl sites for hydroxylation is 1.